The number of amides is 1. The van der Waals surface area contributed by atoms with Gasteiger partial charge in [-0.25, -0.2) is 0 Å². The smallest absolute Gasteiger partial charge is 0.240 e. The Kier molecular flexibility index (Phi) is 5.94. The van der Waals surface area contributed by atoms with Crippen molar-refractivity contribution in [2.24, 2.45) is 0 Å². The number of carbonyl (C=O) groups excluding carboxylic acids is 1. The van der Waals surface area contributed by atoms with Gasteiger partial charge in [0.05, 0.1) is 17.7 Å². The van der Waals surface area contributed by atoms with Crippen LogP contribution in [0.25, 0.3) is 0 Å². The van der Waals surface area contributed by atoms with E-state index in [1.807, 2.05) is 37.3 Å². The largest absolute Gasteiger partial charge is 0.310 e. The Balaban J connectivity index is 1.76. The van der Waals surface area contributed by atoms with E-state index in [0.717, 1.165) is 23.2 Å². The Morgan fingerprint density at radius 1 is 1.38 bits per heavy atom. The molecule has 0 spiro atoms. The van der Waals surface area contributed by atoms with Gasteiger partial charge in [0.2, 0.25) is 5.91 Å². The molecular weight excluding hydrogens is 346 g/mol. The summed E-state index contributed by atoms with van der Waals surface area (Å²) in [6, 6.07) is 11.6. The van der Waals surface area contributed by atoms with Crippen molar-refractivity contribution >= 4 is 23.4 Å². The third-order valence-electron chi connectivity index (χ3n) is 4.42. The molecule has 136 valence electrons. The van der Waals surface area contributed by atoms with Crippen LogP contribution in [-0.2, 0) is 11.3 Å². The van der Waals surface area contributed by atoms with Crippen LogP contribution in [0.1, 0.15) is 44.9 Å². The zero-order valence-electron chi connectivity index (χ0n) is 15.1. The van der Waals surface area contributed by atoms with E-state index in [4.69, 9.17) is 5.26 Å². The summed E-state index contributed by atoms with van der Waals surface area (Å²) in [4.78, 5) is 14.7. The molecule has 26 heavy (non-hydrogen) atoms. The van der Waals surface area contributed by atoms with E-state index in [2.05, 4.69) is 27.8 Å². The molecule has 0 N–H and O–H groups in total. The number of aromatic nitrogens is 3. The Bertz CT molecular complexity index is 794. The van der Waals surface area contributed by atoms with Crippen LogP contribution in [0.3, 0.4) is 0 Å². The molecule has 1 fully saturated rings. The van der Waals surface area contributed by atoms with Crippen molar-refractivity contribution in [1.82, 2.24) is 14.8 Å². The molecule has 1 aliphatic rings. The monoisotopic (exact) mass is 369 g/mol. The van der Waals surface area contributed by atoms with Gasteiger partial charge in [-0.15, -0.1) is 10.2 Å². The molecule has 0 saturated heterocycles. The minimum atomic E-state index is -0.310. The average Bonchev–Trinajstić information content (AvgIpc) is 3.43. The Morgan fingerprint density at radius 2 is 2.12 bits per heavy atom. The van der Waals surface area contributed by atoms with Gasteiger partial charge in [0.25, 0.3) is 0 Å². The standard InChI is InChI=1S/C19H23N5OS/c1-3-23-17(15-10-11-15)21-22-19(23)26-14(2)18(25)24(13-7-12-20)16-8-5-4-6-9-16/h4-6,8-9,14-15H,3,7,10-11,13H2,1-2H3. The third kappa shape index (κ3) is 4.07. The van der Waals surface area contributed by atoms with Crippen LogP contribution in [0.5, 0.6) is 0 Å². The molecule has 7 heteroatoms. The van der Waals surface area contributed by atoms with E-state index in [1.54, 1.807) is 4.90 Å². The number of hydrogen-bond acceptors (Lipinski definition) is 5. The Labute approximate surface area is 158 Å². The first-order chi connectivity index (χ1) is 12.7. The topological polar surface area (TPSA) is 74.8 Å². The van der Waals surface area contributed by atoms with Crippen LogP contribution in [-0.4, -0.2) is 32.5 Å². The molecule has 2 aromatic rings. The summed E-state index contributed by atoms with van der Waals surface area (Å²) in [5.74, 6) is 1.55. The van der Waals surface area contributed by atoms with Gasteiger partial charge in [-0.05, 0) is 38.8 Å². The Morgan fingerprint density at radius 3 is 2.73 bits per heavy atom. The second kappa shape index (κ2) is 8.37. The summed E-state index contributed by atoms with van der Waals surface area (Å²) >= 11 is 1.44. The van der Waals surface area contributed by atoms with Crippen molar-refractivity contribution in [3.8, 4) is 6.07 Å². The molecule has 1 amide bonds. The highest BCUT2D eigenvalue weighted by atomic mass is 32.2. The number of nitrogens with zero attached hydrogens (tertiary/aromatic N) is 5. The summed E-state index contributed by atoms with van der Waals surface area (Å²) < 4.78 is 2.12. The van der Waals surface area contributed by atoms with Gasteiger partial charge in [0.15, 0.2) is 5.16 Å². The van der Waals surface area contributed by atoms with E-state index < -0.39 is 0 Å². The molecule has 1 saturated carbocycles. The lowest BCUT2D eigenvalue weighted by Gasteiger charge is -2.24. The van der Waals surface area contributed by atoms with Crippen molar-refractivity contribution in [3.05, 3.63) is 36.2 Å². The van der Waals surface area contributed by atoms with Crippen LogP contribution in [0.4, 0.5) is 5.69 Å². The molecular formula is C19H23N5OS. The Hall–Kier alpha value is -2.33. The molecule has 1 heterocycles. The van der Waals surface area contributed by atoms with E-state index in [-0.39, 0.29) is 11.2 Å². The van der Waals surface area contributed by atoms with Crippen LogP contribution < -0.4 is 4.90 Å². The third-order valence-corrected chi connectivity index (χ3v) is 5.48. The SMILES string of the molecule is CCn1c(SC(C)C(=O)N(CCC#N)c2ccccc2)nnc1C1CC1. The summed E-state index contributed by atoms with van der Waals surface area (Å²) in [6.07, 6.45) is 2.65. The average molecular weight is 369 g/mol. The number of carbonyl (C=O) groups is 1. The van der Waals surface area contributed by atoms with E-state index in [0.29, 0.717) is 18.9 Å². The van der Waals surface area contributed by atoms with Crippen molar-refractivity contribution in [2.75, 3.05) is 11.4 Å². The second-order valence-corrected chi connectivity index (χ2v) is 7.66. The molecule has 1 atom stereocenters. The summed E-state index contributed by atoms with van der Waals surface area (Å²) in [7, 11) is 0. The van der Waals surface area contributed by atoms with Gasteiger partial charge in [-0.3, -0.25) is 4.79 Å². The number of rotatable bonds is 8. The molecule has 3 rings (SSSR count). The van der Waals surface area contributed by atoms with Crippen LogP contribution >= 0.6 is 11.8 Å². The molecule has 1 aromatic carbocycles. The van der Waals surface area contributed by atoms with Crippen LogP contribution in [0.15, 0.2) is 35.5 Å². The quantitative estimate of drug-likeness (QED) is 0.665. The molecule has 0 bridgehead atoms. The minimum Gasteiger partial charge on any atom is -0.310 e. The fourth-order valence-corrected chi connectivity index (χ4v) is 3.87. The lowest BCUT2D eigenvalue weighted by atomic mass is 10.2. The predicted molar refractivity (Wildman–Crippen MR) is 102 cm³/mol. The highest BCUT2D eigenvalue weighted by Crippen LogP contribution is 2.40. The molecule has 0 radical (unpaired) electrons. The number of benzene rings is 1. The fourth-order valence-electron chi connectivity index (χ4n) is 2.89. The molecule has 1 aromatic heterocycles. The van der Waals surface area contributed by atoms with Crippen molar-refractivity contribution < 1.29 is 4.79 Å². The van der Waals surface area contributed by atoms with Gasteiger partial charge in [-0.1, -0.05) is 30.0 Å². The molecule has 6 nitrogen and oxygen atoms in total. The van der Waals surface area contributed by atoms with Crippen molar-refractivity contribution in [2.45, 2.75) is 56.0 Å². The molecule has 1 aliphatic carbocycles. The number of nitriles is 1. The number of hydrogen-bond donors (Lipinski definition) is 0. The maximum Gasteiger partial charge on any atom is 0.240 e. The lowest BCUT2D eigenvalue weighted by molar-refractivity contribution is -0.117. The maximum absolute atomic E-state index is 13.0. The summed E-state index contributed by atoms with van der Waals surface area (Å²) in [6.45, 7) is 5.16. The van der Waals surface area contributed by atoms with Crippen molar-refractivity contribution in [3.63, 3.8) is 0 Å². The summed E-state index contributed by atoms with van der Waals surface area (Å²) in [5, 5.41) is 18.1. The second-order valence-electron chi connectivity index (χ2n) is 6.35. The van der Waals surface area contributed by atoms with Gasteiger partial charge >= 0.3 is 0 Å². The minimum absolute atomic E-state index is 0.0184. The first-order valence-corrected chi connectivity index (χ1v) is 9.86. The van der Waals surface area contributed by atoms with Gasteiger partial charge in [-0.2, -0.15) is 5.26 Å². The molecule has 1 unspecified atom stereocenters. The fraction of sp³-hybridized carbons (Fsp3) is 0.474. The van der Waals surface area contributed by atoms with Gasteiger partial charge < -0.3 is 9.47 Å². The van der Waals surface area contributed by atoms with Gasteiger partial charge in [0.1, 0.15) is 5.82 Å². The van der Waals surface area contributed by atoms with Crippen LogP contribution in [0.2, 0.25) is 0 Å². The van der Waals surface area contributed by atoms with Crippen molar-refractivity contribution in [1.29, 1.82) is 5.26 Å². The van der Waals surface area contributed by atoms with E-state index in [1.165, 1.54) is 24.6 Å². The first kappa shape index (κ1) is 18.5. The van der Waals surface area contributed by atoms with Crippen LogP contribution in [0, 0.1) is 11.3 Å². The number of thioether (sulfide) groups is 1. The highest BCUT2D eigenvalue weighted by molar-refractivity contribution is 8.00. The maximum atomic E-state index is 13.0. The normalized spacial score (nSPS) is 14.7. The zero-order valence-corrected chi connectivity index (χ0v) is 15.9. The molecule has 0 aliphatic heterocycles. The number of anilines is 1. The highest BCUT2D eigenvalue weighted by Gasteiger charge is 2.31. The zero-order chi connectivity index (χ0) is 18.5. The van der Waals surface area contributed by atoms with E-state index in [9.17, 15) is 4.79 Å². The van der Waals surface area contributed by atoms with E-state index >= 15 is 0 Å². The first-order valence-electron chi connectivity index (χ1n) is 8.98. The predicted octanol–water partition coefficient (Wildman–Crippen LogP) is 3.60. The number of para-hydroxylation sites is 1. The van der Waals surface area contributed by atoms with Gasteiger partial charge in [0, 0.05) is 24.7 Å². The lowest BCUT2D eigenvalue weighted by Crippen LogP contribution is -2.37. The summed E-state index contributed by atoms with van der Waals surface area (Å²) in [5.41, 5.74) is 0.816.